The van der Waals surface area contributed by atoms with Gasteiger partial charge in [0.15, 0.2) is 17.5 Å². The minimum absolute atomic E-state index is 0.626. The lowest BCUT2D eigenvalue weighted by atomic mass is 10.00. The topological polar surface area (TPSA) is 56.5 Å². The molecule has 0 aliphatic carbocycles. The van der Waals surface area contributed by atoms with Gasteiger partial charge in [0, 0.05) is 49.4 Å². The molecule has 0 saturated heterocycles. The molecule has 10 rings (SSSR count). The number of benzene rings is 6. The predicted molar refractivity (Wildman–Crippen MR) is 199 cm³/mol. The van der Waals surface area contributed by atoms with Gasteiger partial charge in [-0.1, -0.05) is 115 Å². The highest BCUT2D eigenvalue weighted by atomic mass is 32.1. The lowest BCUT2D eigenvalue weighted by Crippen LogP contribution is -2.01. The van der Waals surface area contributed by atoms with Crippen molar-refractivity contribution >= 4 is 64.2 Å². The van der Waals surface area contributed by atoms with Gasteiger partial charge in [-0.2, -0.15) is 0 Å². The molecule has 6 aromatic carbocycles. The number of thiophene rings is 1. The van der Waals surface area contributed by atoms with E-state index < -0.39 is 0 Å². The molecule has 0 aliphatic rings. The molecule has 4 aromatic heterocycles. The monoisotopic (exact) mass is 631 g/mol. The summed E-state index contributed by atoms with van der Waals surface area (Å²) in [6.07, 6.45) is 1.90. The molecule has 6 heteroatoms. The molecule has 0 amide bonds. The predicted octanol–water partition coefficient (Wildman–Crippen LogP) is 10.9. The zero-order valence-corrected chi connectivity index (χ0v) is 26.4. The number of hydrogen-bond donors (Lipinski definition) is 0. The van der Waals surface area contributed by atoms with E-state index in [0.717, 1.165) is 33.4 Å². The van der Waals surface area contributed by atoms with Crippen molar-refractivity contribution in [3.8, 4) is 39.9 Å². The van der Waals surface area contributed by atoms with Crippen LogP contribution in [-0.2, 0) is 0 Å². The van der Waals surface area contributed by atoms with E-state index in [1.54, 1.807) is 0 Å². The number of hydrogen-bond acceptors (Lipinski definition) is 5. The van der Waals surface area contributed by atoms with Crippen LogP contribution in [0, 0.1) is 0 Å². The van der Waals surface area contributed by atoms with Crippen molar-refractivity contribution in [3.63, 3.8) is 0 Å². The van der Waals surface area contributed by atoms with Gasteiger partial charge in [0.05, 0.1) is 21.3 Å². The summed E-state index contributed by atoms with van der Waals surface area (Å²) in [5.41, 5.74) is 7.05. The van der Waals surface area contributed by atoms with Gasteiger partial charge >= 0.3 is 0 Å². The highest BCUT2D eigenvalue weighted by molar-refractivity contribution is 7.27. The molecule has 0 atom stereocenters. The average Bonchev–Trinajstić information content (AvgIpc) is 3.73. The second kappa shape index (κ2) is 10.7. The molecule has 0 fully saturated rings. The second-order valence-electron chi connectivity index (χ2n) is 11.9. The molecule has 224 valence electrons. The normalized spacial score (nSPS) is 11.8. The van der Waals surface area contributed by atoms with Gasteiger partial charge in [0.25, 0.3) is 0 Å². The van der Waals surface area contributed by atoms with Crippen LogP contribution in [0.5, 0.6) is 0 Å². The van der Waals surface area contributed by atoms with Crippen LogP contribution in [0.1, 0.15) is 0 Å². The van der Waals surface area contributed by atoms with Crippen LogP contribution in [0.4, 0.5) is 0 Å². The Morgan fingerprint density at radius 1 is 0.479 bits per heavy atom. The van der Waals surface area contributed by atoms with E-state index in [1.807, 2.05) is 84.3 Å². The standard InChI is InChI=1S/C42H25N5S/c1-3-13-26(14-4-1)40-44-41(27-15-5-2-6-16-27)46-42(45-40)28-17-11-18-29(25-28)47-33-22-12-24-43-37(33)36-31-20-8-7-19-30(31)35-32-21-9-10-23-34(32)48-39(35)38(36)47/h1-25H. The van der Waals surface area contributed by atoms with E-state index >= 15 is 0 Å². The van der Waals surface area contributed by atoms with Crippen LogP contribution in [0.2, 0.25) is 0 Å². The Bertz CT molecular complexity index is 2780. The van der Waals surface area contributed by atoms with Gasteiger partial charge in [-0.25, -0.2) is 15.0 Å². The Kier molecular flexibility index (Phi) is 5.98. The lowest BCUT2D eigenvalue weighted by Gasteiger charge is -2.12. The van der Waals surface area contributed by atoms with Crippen molar-refractivity contribution in [1.82, 2.24) is 24.5 Å². The smallest absolute Gasteiger partial charge is 0.164 e. The van der Waals surface area contributed by atoms with E-state index in [2.05, 4.69) is 83.4 Å². The number of fused-ring (bicyclic) bond motifs is 10. The SMILES string of the molecule is c1ccc(-c2nc(-c3ccccc3)nc(-c3cccc(-n4c5cccnc5c5c6ccccc6c6c7ccccc7sc6c54)c3)n2)cc1. The summed E-state index contributed by atoms with van der Waals surface area (Å²) in [5.74, 6) is 1.91. The average molecular weight is 632 g/mol. The first-order valence-electron chi connectivity index (χ1n) is 15.9. The number of pyridine rings is 1. The zero-order chi connectivity index (χ0) is 31.6. The lowest BCUT2D eigenvalue weighted by molar-refractivity contribution is 1.07. The van der Waals surface area contributed by atoms with Crippen molar-refractivity contribution in [3.05, 3.63) is 152 Å². The summed E-state index contributed by atoms with van der Waals surface area (Å²) in [5, 5.41) is 6.20. The minimum atomic E-state index is 0.626. The quantitative estimate of drug-likeness (QED) is 0.194. The highest BCUT2D eigenvalue weighted by Gasteiger charge is 2.22. The van der Waals surface area contributed by atoms with Crippen molar-refractivity contribution in [2.75, 3.05) is 0 Å². The molecule has 0 saturated carbocycles. The molecule has 4 heterocycles. The van der Waals surface area contributed by atoms with E-state index in [4.69, 9.17) is 19.9 Å². The summed E-state index contributed by atoms with van der Waals surface area (Å²) in [6.45, 7) is 0. The Morgan fingerprint density at radius 3 is 1.77 bits per heavy atom. The molecule has 0 N–H and O–H groups in total. The third-order valence-electron chi connectivity index (χ3n) is 9.06. The Morgan fingerprint density at radius 2 is 1.06 bits per heavy atom. The molecule has 0 aliphatic heterocycles. The molecule has 0 spiro atoms. The number of rotatable bonds is 4. The third-order valence-corrected chi connectivity index (χ3v) is 10.2. The molecule has 10 aromatic rings. The van der Waals surface area contributed by atoms with Gasteiger partial charge in [0.2, 0.25) is 0 Å². The Balaban J connectivity index is 1.28. The van der Waals surface area contributed by atoms with E-state index in [9.17, 15) is 0 Å². The fourth-order valence-electron chi connectivity index (χ4n) is 6.97. The fourth-order valence-corrected chi connectivity index (χ4v) is 8.23. The van der Waals surface area contributed by atoms with Crippen molar-refractivity contribution < 1.29 is 0 Å². The highest BCUT2D eigenvalue weighted by Crippen LogP contribution is 2.47. The summed E-state index contributed by atoms with van der Waals surface area (Å²) in [6, 6.07) is 50.4. The van der Waals surface area contributed by atoms with Gasteiger partial charge in [0.1, 0.15) is 0 Å². The Labute approximate surface area is 279 Å². The molecule has 0 bridgehead atoms. The van der Waals surface area contributed by atoms with Crippen LogP contribution in [0.3, 0.4) is 0 Å². The first-order valence-corrected chi connectivity index (χ1v) is 16.7. The largest absolute Gasteiger partial charge is 0.306 e. The molecular weight excluding hydrogens is 607 g/mol. The van der Waals surface area contributed by atoms with Gasteiger partial charge in [-0.15, -0.1) is 11.3 Å². The van der Waals surface area contributed by atoms with Gasteiger partial charge < -0.3 is 4.57 Å². The van der Waals surface area contributed by atoms with Gasteiger partial charge in [-0.05, 0) is 41.1 Å². The number of nitrogens with zero attached hydrogens (tertiary/aromatic N) is 5. The van der Waals surface area contributed by atoms with Crippen LogP contribution >= 0.6 is 11.3 Å². The van der Waals surface area contributed by atoms with E-state index in [1.165, 1.54) is 41.8 Å². The van der Waals surface area contributed by atoms with Crippen LogP contribution in [-0.4, -0.2) is 24.5 Å². The maximum Gasteiger partial charge on any atom is 0.164 e. The van der Waals surface area contributed by atoms with Crippen LogP contribution < -0.4 is 0 Å². The third kappa shape index (κ3) is 4.10. The van der Waals surface area contributed by atoms with Gasteiger partial charge in [-0.3, -0.25) is 4.98 Å². The summed E-state index contributed by atoms with van der Waals surface area (Å²) < 4.78 is 4.91. The van der Waals surface area contributed by atoms with Crippen molar-refractivity contribution in [2.45, 2.75) is 0 Å². The first kappa shape index (κ1) is 26.9. The molecule has 48 heavy (non-hydrogen) atoms. The van der Waals surface area contributed by atoms with Crippen LogP contribution in [0.15, 0.2) is 152 Å². The Hall–Kier alpha value is -6.24. The van der Waals surface area contributed by atoms with E-state index in [-0.39, 0.29) is 0 Å². The summed E-state index contributed by atoms with van der Waals surface area (Å²) >= 11 is 1.85. The second-order valence-corrected chi connectivity index (χ2v) is 12.9. The molecular formula is C42H25N5S. The molecule has 0 unspecified atom stereocenters. The molecule has 0 radical (unpaired) electrons. The summed E-state index contributed by atoms with van der Waals surface area (Å²) in [4.78, 5) is 19.9. The fraction of sp³-hybridized carbons (Fsp3) is 0. The molecule has 5 nitrogen and oxygen atoms in total. The zero-order valence-electron chi connectivity index (χ0n) is 25.6. The minimum Gasteiger partial charge on any atom is -0.306 e. The van der Waals surface area contributed by atoms with Crippen LogP contribution in [0.25, 0.3) is 92.7 Å². The number of aromatic nitrogens is 5. The van der Waals surface area contributed by atoms with Crippen molar-refractivity contribution in [2.24, 2.45) is 0 Å². The van der Waals surface area contributed by atoms with Crippen molar-refractivity contribution in [1.29, 1.82) is 0 Å². The maximum absolute atomic E-state index is 5.02. The van der Waals surface area contributed by atoms with E-state index in [0.29, 0.717) is 17.5 Å². The summed E-state index contributed by atoms with van der Waals surface area (Å²) in [7, 11) is 0. The maximum atomic E-state index is 5.02. The first-order chi connectivity index (χ1) is 23.8.